The molecule has 1 saturated heterocycles. The molecule has 0 radical (unpaired) electrons. The molecule has 2 rings (SSSR count). The van der Waals surface area contributed by atoms with Gasteiger partial charge < -0.3 is 5.32 Å². The largest absolute Gasteiger partial charge is 0.359 e. The van der Waals surface area contributed by atoms with Crippen molar-refractivity contribution >= 4 is 17.2 Å². The van der Waals surface area contributed by atoms with E-state index in [9.17, 15) is 4.79 Å². The number of nitrogens with one attached hydrogen (secondary N) is 1. The highest BCUT2D eigenvalue weighted by Gasteiger charge is 2.24. The third-order valence-corrected chi connectivity index (χ3v) is 4.92. The van der Waals surface area contributed by atoms with Crippen LogP contribution >= 0.6 is 11.3 Å². The lowest BCUT2D eigenvalue weighted by molar-refractivity contribution is -0.121. The lowest BCUT2D eigenvalue weighted by Gasteiger charge is -2.14. The maximum Gasteiger partial charge on any atom is 0.220 e. The van der Waals surface area contributed by atoms with Crippen LogP contribution in [0, 0.1) is 11.8 Å². The maximum atomic E-state index is 11.4. The van der Waals surface area contributed by atoms with Gasteiger partial charge in [-0.1, -0.05) is 13.8 Å². The molecule has 20 heavy (non-hydrogen) atoms. The van der Waals surface area contributed by atoms with Gasteiger partial charge in [0, 0.05) is 36.3 Å². The van der Waals surface area contributed by atoms with Gasteiger partial charge in [-0.05, 0) is 43.4 Å². The fourth-order valence-corrected chi connectivity index (χ4v) is 4.10. The summed E-state index contributed by atoms with van der Waals surface area (Å²) in [6.45, 7) is 7.77. The Kier molecular flexibility index (Phi) is 5.61. The molecule has 1 aliphatic heterocycles. The van der Waals surface area contributed by atoms with Crippen molar-refractivity contribution in [2.24, 2.45) is 11.8 Å². The lowest BCUT2D eigenvalue weighted by Crippen LogP contribution is -2.24. The zero-order chi connectivity index (χ0) is 14.5. The molecule has 4 heteroatoms. The normalized spacial score (nSPS) is 19.7. The molecular weight excluding hydrogens is 268 g/mol. The fraction of sp³-hybridized carbons (Fsp3) is 0.688. The Balaban J connectivity index is 1.80. The fourth-order valence-electron chi connectivity index (χ4n) is 2.83. The molecule has 1 aromatic heterocycles. The van der Waals surface area contributed by atoms with E-state index in [-0.39, 0.29) is 5.91 Å². The molecule has 1 atom stereocenters. The van der Waals surface area contributed by atoms with Crippen LogP contribution in [0.2, 0.25) is 0 Å². The van der Waals surface area contributed by atoms with E-state index < -0.39 is 0 Å². The summed E-state index contributed by atoms with van der Waals surface area (Å²) in [5.41, 5.74) is 0. The van der Waals surface area contributed by atoms with Crippen molar-refractivity contribution in [3.05, 3.63) is 21.9 Å². The van der Waals surface area contributed by atoms with Crippen LogP contribution in [-0.4, -0.2) is 30.9 Å². The van der Waals surface area contributed by atoms with Crippen molar-refractivity contribution < 1.29 is 4.79 Å². The summed E-state index contributed by atoms with van der Waals surface area (Å²) in [6.07, 6.45) is 3.01. The summed E-state index contributed by atoms with van der Waals surface area (Å²) in [6, 6.07) is 4.55. The van der Waals surface area contributed by atoms with Gasteiger partial charge in [0.2, 0.25) is 5.91 Å². The minimum absolute atomic E-state index is 0.173. The smallest absolute Gasteiger partial charge is 0.220 e. The second-order valence-electron chi connectivity index (χ2n) is 6.23. The molecule has 112 valence electrons. The van der Waals surface area contributed by atoms with Crippen molar-refractivity contribution in [1.82, 2.24) is 10.2 Å². The summed E-state index contributed by atoms with van der Waals surface area (Å²) in [5, 5.41) is 2.72. The lowest BCUT2D eigenvalue weighted by atomic mass is 10.1. The van der Waals surface area contributed by atoms with Crippen LogP contribution in [0.3, 0.4) is 0 Å². The van der Waals surface area contributed by atoms with E-state index in [0.717, 1.165) is 32.0 Å². The van der Waals surface area contributed by atoms with Crippen LogP contribution in [0.25, 0.3) is 0 Å². The standard InChI is InChI=1S/C16H26N2OS/c1-12(2)8-14-4-5-15(20-14)11-18-7-6-13(10-18)9-16(19)17-3/h4-5,12-13H,6-11H2,1-3H3,(H,17,19)/t13-/m0/s1. The first-order valence-corrected chi connectivity index (χ1v) is 8.39. The number of thiophene rings is 1. The van der Waals surface area contributed by atoms with Gasteiger partial charge in [0.25, 0.3) is 0 Å². The Morgan fingerprint density at radius 1 is 1.45 bits per heavy atom. The van der Waals surface area contributed by atoms with Crippen molar-refractivity contribution in [2.45, 2.75) is 39.7 Å². The number of amides is 1. The van der Waals surface area contributed by atoms with Crippen LogP contribution in [0.4, 0.5) is 0 Å². The minimum Gasteiger partial charge on any atom is -0.359 e. The first kappa shape index (κ1) is 15.5. The average molecular weight is 294 g/mol. The molecule has 1 fully saturated rings. The number of hydrogen-bond donors (Lipinski definition) is 1. The van der Waals surface area contributed by atoms with Gasteiger partial charge in [-0.25, -0.2) is 0 Å². The van der Waals surface area contributed by atoms with Crippen LogP contribution < -0.4 is 5.32 Å². The maximum absolute atomic E-state index is 11.4. The number of carbonyl (C=O) groups is 1. The Morgan fingerprint density at radius 3 is 2.90 bits per heavy atom. The Morgan fingerprint density at radius 2 is 2.20 bits per heavy atom. The highest BCUT2D eigenvalue weighted by Crippen LogP contribution is 2.25. The van der Waals surface area contributed by atoms with Crippen molar-refractivity contribution in [2.75, 3.05) is 20.1 Å². The van der Waals surface area contributed by atoms with Gasteiger partial charge in [0.15, 0.2) is 0 Å². The third kappa shape index (κ3) is 4.60. The SMILES string of the molecule is CNC(=O)C[C@@H]1CCN(Cc2ccc(CC(C)C)s2)C1. The third-order valence-electron chi connectivity index (χ3n) is 3.83. The molecule has 1 aromatic rings. The molecule has 2 heterocycles. The highest BCUT2D eigenvalue weighted by molar-refractivity contribution is 7.11. The predicted octanol–water partition coefficient (Wildman–Crippen LogP) is 2.90. The quantitative estimate of drug-likeness (QED) is 0.875. The summed E-state index contributed by atoms with van der Waals surface area (Å²) in [5.74, 6) is 1.43. The summed E-state index contributed by atoms with van der Waals surface area (Å²) < 4.78 is 0. The zero-order valence-electron chi connectivity index (χ0n) is 12.8. The number of rotatable bonds is 6. The monoisotopic (exact) mass is 294 g/mol. The van der Waals surface area contributed by atoms with Gasteiger partial charge in [0.1, 0.15) is 0 Å². The predicted molar refractivity (Wildman–Crippen MR) is 84.9 cm³/mol. The molecule has 1 N–H and O–H groups in total. The molecule has 1 amide bonds. The van der Waals surface area contributed by atoms with Gasteiger partial charge in [-0.15, -0.1) is 11.3 Å². The number of carbonyl (C=O) groups excluding carboxylic acids is 1. The number of hydrogen-bond acceptors (Lipinski definition) is 3. The zero-order valence-corrected chi connectivity index (χ0v) is 13.6. The van der Waals surface area contributed by atoms with Gasteiger partial charge in [0.05, 0.1) is 0 Å². The first-order valence-electron chi connectivity index (χ1n) is 7.57. The second-order valence-corrected chi connectivity index (χ2v) is 7.49. The van der Waals surface area contributed by atoms with E-state index in [1.807, 2.05) is 11.3 Å². The van der Waals surface area contributed by atoms with E-state index in [2.05, 4.69) is 36.2 Å². The van der Waals surface area contributed by atoms with Crippen LogP contribution in [-0.2, 0) is 17.8 Å². The van der Waals surface area contributed by atoms with Gasteiger partial charge in [-0.3, -0.25) is 9.69 Å². The van der Waals surface area contributed by atoms with E-state index in [4.69, 9.17) is 0 Å². The summed E-state index contributed by atoms with van der Waals surface area (Å²) in [4.78, 5) is 16.9. The van der Waals surface area contributed by atoms with Crippen LogP contribution in [0.15, 0.2) is 12.1 Å². The van der Waals surface area contributed by atoms with E-state index >= 15 is 0 Å². The van der Waals surface area contributed by atoms with Gasteiger partial charge in [-0.2, -0.15) is 0 Å². The van der Waals surface area contributed by atoms with Crippen LogP contribution in [0.5, 0.6) is 0 Å². The summed E-state index contributed by atoms with van der Waals surface area (Å²) >= 11 is 1.95. The van der Waals surface area contributed by atoms with E-state index in [0.29, 0.717) is 12.3 Å². The molecule has 0 aromatic carbocycles. The van der Waals surface area contributed by atoms with Crippen LogP contribution in [0.1, 0.15) is 36.4 Å². The van der Waals surface area contributed by atoms with Crippen molar-refractivity contribution in [3.63, 3.8) is 0 Å². The molecule has 0 saturated carbocycles. The molecule has 1 aliphatic rings. The molecule has 3 nitrogen and oxygen atoms in total. The van der Waals surface area contributed by atoms with Gasteiger partial charge >= 0.3 is 0 Å². The first-order chi connectivity index (χ1) is 9.56. The van der Waals surface area contributed by atoms with Crippen molar-refractivity contribution in [1.29, 1.82) is 0 Å². The van der Waals surface area contributed by atoms with E-state index in [1.54, 1.807) is 7.05 Å². The van der Waals surface area contributed by atoms with Crippen molar-refractivity contribution in [3.8, 4) is 0 Å². The topological polar surface area (TPSA) is 32.3 Å². The molecule has 0 spiro atoms. The minimum atomic E-state index is 0.173. The highest BCUT2D eigenvalue weighted by atomic mass is 32.1. The average Bonchev–Trinajstić information content (AvgIpc) is 2.99. The Bertz CT molecular complexity index is 441. The molecule has 0 unspecified atom stereocenters. The Labute approximate surface area is 126 Å². The second kappa shape index (κ2) is 7.23. The summed E-state index contributed by atoms with van der Waals surface area (Å²) in [7, 11) is 1.72. The molecular formula is C16H26N2OS. The molecule has 0 bridgehead atoms. The Hall–Kier alpha value is -0.870. The number of nitrogens with zero attached hydrogens (tertiary/aromatic N) is 1. The number of likely N-dealkylation sites (tertiary alicyclic amines) is 1. The van der Waals surface area contributed by atoms with E-state index in [1.165, 1.54) is 16.2 Å². The molecule has 0 aliphatic carbocycles.